The fourth-order valence-corrected chi connectivity index (χ4v) is 1.86. The van der Waals surface area contributed by atoms with Crippen LogP contribution in [0, 0.1) is 0 Å². The molecule has 6 nitrogen and oxygen atoms in total. The maximum atomic E-state index is 12.1. The fourth-order valence-electron chi connectivity index (χ4n) is 1.86. The average molecular weight is 314 g/mol. The van der Waals surface area contributed by atoms with Crippen molar-refractivity contribution in [3.05, 3.63) is 64.1 Å². The molecule has 23 heavy (non-hydrogen) atoms. The van der Waals surface area contributed by atoms with Gasteiger partial charge in [-0.3, -0.25) is 9.59 Å². The zero-order chi connectivity index (χ0) is 16.8. The molecule has 0 spiro atoms. The monoisotopic (exact) mass is 314 g/mol. The predicted octanol–water partition coefficient (Wildman–Crippen LogP) is 2.20. The molecule has 1 aromatic carbocycles. The first-order valence-corrected chi connectivity index (χ1v) is 7.26. The fraction of sp³-hybridized carbons (Fsp3) is 0.235. The summed E-state index contributed by atoms with van der Waals surface area (Å²) >= 11 is 0. The molecule has 1 N–H and O–H groups in total. The minimum absolute atomic E-state index is 0.258. The quantitative estimate of drug-likeness (QED) is 0.858. The molecule has 0 aliphatic carbocycles. The Balaban J connectivity index is 2.05. The summed E-state index contributed by atoms with van der Waals surface area (Å²) in [5.41, 5.74) is 0.971. The minimum Gasteiger partial charge on any atom is -0.462 e. The van der Waals surface area contributed by atoms with Gasteiger partial charge >= 0.3 is 5.97 Å². The largest absolute Gasteiger partial charge is 0.462 e. The van der Waals surface area contributed by atoms with Gasteiger partial charge in [-0.1, -0.05) is 6.92 Å². The molecule has 0 fully saturated rings. The van der Waals surface area contributed by atoms with Crippen molar-refractivity contribution in [3.63, 3.8) is 0 Å². The third-order valence-corrected chi connectivity index (χ3v) is 3.18. The number of carbonyl (C=O) groups excluding carboxylic acids is 2. The van der Waals surface area contributed by atoms with Gasteiger partial charge in [0.05, 0.1) is 12.2 Å². The van der Waals surface area contributed by atoms with Gasteiger partial charge in [-0.2, -0.15) is 0 Å². The molecule has 0 saturated heterocycles. The molecular weight excluding hydrogens is 296 g/mol. The minimum atomic E-state index is -0.392. The Hall–Kier alpha value is -2.89. The van der Waals surface area contributed by atoms with Crippen LogP contribution in [0.15, 0.2) is 47.4 Å². The summed E-state index contributed by atoms with van der Waals surface area (Å²) in [6.45, 7) is 2.29. The van der Waals surface area contributed by atoms with Crippen molar-refractivity contribution in [2.45, 2.75) is 13.3 Å². The Morgan fingerprint density at radius 2 is 1.83 bits per heavy atom. The van der Waals surface area contributed by atoms with Crippen LogP contribution in [0.2, 0.25) is 0 Å². The number of esters is 1. The van der Waals surface area contributed by atoms with Crippen molar-refractivity contribution in [2.24, 2.45) is 7.05 Å². The third kappa shape index (κ3) is 4.29. The van der Waals surface area contributed by atoms with E-state index >= 15 is 0 Å². The Bertz CT molecular complexity index is 763. The van der Waals surface area contributed by atoms with E-state index in [4.69, 9.17) is 4.74 Å². The number of carbonyl (C=O) groups is 2. The summed E-state index contributed by atoms with van der Waals surface area (Å²) in [6, 6.07) is 9.22. The van der Waals surface area contributed by atoms with E-state index in [0.717, 1.165) is 6.42 Å². The van der Waals surface area contributed by atoms with E-state index in [1.165, 1.54) is 16.8 Å². The molecule has 1 heterocycles. The maximum absolute atomic E-state index is 12.1. The van der Waals surface area contributed by atoms with Crippen LogP contribution in [0.4, 0.5) is 5.69 Å². The Labute approximate surface area is 133 Å². The molecule has 0 aliphatic rings. The van der Waals surface area contributed by atoms with E-state index in [9.17, 15) is 14.4 Å². The molecule has 1 amide bonds. The number of pyridine rings is 1. The smallest absolute Gasteiger partial charge is 0.338 e. The van der Waals surface area contributed by atoms with Gasteiger partial charge in [-0.15, -0.1) is 0 Å². The predicted molar refractivity (Wildman–Crippen MR) is 86.7 cm³/mol. The second-order valence-corrected chi connectivity index (χ2v) is 5.03. The lowest BCUT2D eigenvalue weighted by Gasteiger charge is -2.07. The van der Waals surface area contributed by atoms with Gasteiger partial charge in [0.2, 0.25) is 0 Å². The number of aromatic nitrogens is 1. The van der Waals surface area contributed by atoms with E-state index in [1.807, 2.05) is 6.92 Å². The summed E-state index contributed by atoms with van der Waals surface area (Å²) in [5, 5.41) is 2.68. The second-order valence-electron chi connectivity index (χ2n) is 5.03. The maximum Gasteiger partial charge on any atom is 0.338 e. The zero-order valence-corrected chi connectivity index (χ0v) is 13.0. The Morgan fingerprint density at radius 1 is 1.13 bits per heavy atom. The summed E-state index contributed by atoms with van der Waals surface area (Å²) < 4.78 is 6.41. The van der Waals surface area contributed by atoms with E-state index < -0.39 is 5.97 Å². The molecule has 0 radical (unpaired) electrons. The number of benzene rings is 1. The van der Waals surface area contributed by atoms with Crippen molar-refractivity contribution in [2.75, 3.05) is 11.9 Å². The molecule has 0 bridgehead atoms. The molecule has 2 rings (SSSR count). The van der Waals surface area contributed by atoms with Gasteiger partial charge in [0.15, 0.2) is 0 Å². The summed E-state index contributed by atoms with van der Waals surface area (Å²) in [5.74, 6) is -0.778. The van der Waals surface area contributed by atoms with Crippen LogP contribution in [-0.2, 0) is 11.8 Å². The number of amides is 1. The molecule has 1 aromatic heterocycles. The first kappa shape index (κ1) is 16.5. The molecule has 0 aliphatic heterocycles. The van der Waals surface area contributed by atoms with Crippen molar-refractivity contribution < 1.29 is 14.3 Å². The van der Waals surface area contributed by atoms with E-state index in [0.29, 0.717) is 17.9 Å². The lowest BCUT2D eigenvalue weighted by atomic mass is 10.2. The van der Waals surface area contributed by atoms with Crippen molar-refractivity contribution in [1.82, 2.24) is 4.57 Å². The highest BCUT2D eigenvalue weighted by molar-refractivity contribution is 6.04. The lowest BCUT2D eigenvalue weighted by Crippen LogP contribution is -2.20. The van der Waals surface area contributed by atoms with Gasteiger partial charge in [-0.25, -0.2) is 4.79 Å². The summed E-state index contributed by atoms with van der Waals surface area (Å²) in [6.07, 6.45) is 2.29. The molecule has 0 atom stereocenters. The number of ether oxygens (including phenoxy) is 1. The zero-order valence-electron chi connectivity index (χ0n) is 13.0. The molecule has 0 unspecified atom stereocenters. The van der Waals surface area contributed by atoms with E-state index in [2.05, 4.69) is 5.32 Å². The highest BCUT2D eigenvalue weighted by Crippen LogP contribution is 2.12. The van der Waals surface area contributed by atoms with Gasteiger partial charge in [0, 0.05) is 30.6 Å². The van der Waals surface area contributed by atoms with Gasteiger partial charge in [0.1, 0.15) is 0 Å². The number of anilines is 1. The normalized spacial score (nSPS) is 10.2. The first-order valence-electron chi connectivity index (χ1n) is 7.26. The highest BCUT2D eigenvalue weighted by Gasteiger charge is 2.09. The number of nitrogens with one attached hydrogen (secondary N) is 1. The Kier molecular flexibility index (Phi) is 5.30. The number of hydrogen-bond acceptors (Lipinski definition) is 4. The van der Waals surface area contributed by atoms with Crippen molar-refractivity contribution in [1.29, 1.82) is 0 Å². The van der Waals surface area contributed by atoms with Crippen LogP contribution in [0.1, 0.15) is 34.1 Å². The summed E-state index contributed by atoms with van der Waals surface area (Å²) in [4.78, 5) is 35.3. The van der Waals surface area contributed by atoms with Crippen LogP contribution < -0.4 is 10.9 Å². The van der Waals surface area contributed by atoms with Gasteiger partial charge in [0.25, 0.3) is 11.5 Å². The molecule has 0 saturated carbocycles. The van der Waals surface area contributed by atoms with Crippen molar-refractivity contribution in [3.8, 4) is 0 Å². The third-order valence-electron chi connectivity index (χ3n) is 3.18. The highest BCUT2D eigenvalue weighted by atomic mass is 16.5. The van der Waals surface area contributed by atoms with Crippen LogP contribution in [0.3, 0.4) is 0 Å². The number of aryl methyl sites for hydroxylation is 1. The van der Waals surface area contributed by atoms with Crippen molar-refractivity contribution >= 4 is 17.6 Å². The van der Waals surface area contributed by atoms with Gasteiger partial charge < -0.3 is 14.6 Å². The van der Waals surface area contributed by atoms with Gasteiger partial charge in [-0.05, 0) is 36.8 Å². The Morgan fingerprint density at radius 3 is 2.43 bits per heavy atom. The van der Waals surface area contributed by atoms with E-state index in [1.54, 1.807) is 37.4 Å². The van der Waals surface area contributed by atoms with Crippen LogP contribution >= 0.6 is 0 Å². The van der Waals surface area contributed by atoms with Crippen LogP contribution in [0.5, 0.6) is 0 Å². The molecule has 2 aromatic rings. The first-order chi connectivity index (χ1) is 11.0. The number of hydrogen-bond donors (Lipinski definition) is 1. The molecule has 120 valence electrons. The standard InChI is InChI=1S/C17H18N2O4/c1-3-10-23-17(22)12-4-6-14(7-5-12)18-16(21)13-8-9-19(2)15(20)11-13/h4-9,11H,3,10H2,1-2H3,(H,18,21). The SMILES string of the molecule is CCCOC(=O)c1ccc(NC(=O)c2ccn(C)c(=O)c2)cc1. The van der Waals surface area contributed by atoms with Crippen LogP contribution in [0.25, 0.3) is 0 Å². The average Bonchev–Trinajstić information content (AvgIpc) is 2.55. The number of rotatable bonds is 5. The van der Waals surface area contributed by atoms with Crippen LogP contribution in [-0.4, -0.2) is 23.1 Å². The number of nitrogens with zero attached hydrogens (tertiary/aromatic N) is 1. The second kappa shape index (κ2) is 7.40. The molecular formula is C17H18N2O4. The molecule has 6 heteroatoms. The lowest BCUT2D eigenvalue weighted by molar-refractivity contribution is 0.0505. The topological polar surface area (TPSA) is 77.4 Å². The summed E-state index contributed by atoms with van der Waals surface area (Å²) in [7, 11) is 1.61. The van der Waals surface area contributed by atoms with E-state index in [-0.39, 0.29) is 17.0 Å².